The van der Waals surface area contributed by atoms with Crippen LogP contribution >= 0.6 is 0 Å². The van der Waals surface area contributed by atoms with Crippen molar-refractivity contribution < 1.29 is 14.9 Å². The van der Waals surface area contributed by atoms with Gasteiger partial charge >= 0.3 is 0 Å². The third-order valence-electron chi connectivity index (χ3n) is 2.07. The predicted octanol–water partition coefficient (Wildman–Crippen LogP) is -0.467. The zero-order valence-corrected chi connectivity index (χ0v) is 8.68. The number of pyridine rings is 1. The second kappa shape index (κ2) is 6.34. The van der Waals surface area contributed by atoms with Gasteiger partial charge in [-0.25, -0.2) is 4.98 Å². The van der Waals surface area contributed by atoms with E-state index in [4.69, 9.17) is 14.9 Å². The summed E-state index contributed by atoms with van der Waals surface area (Å²) in [6, 6.07) is 3.38. The molecule has 0 spiro atoms. The van der Waals surface area contributed by atoms with Crippen LogP contribution in [0.4, 0.5) is 0 Å². The van der Waals surface area contributed by atoms with E-state index in [9.17, 15) is 0 Å². The first-order chi connectivity index (χ1) is 7.31. The smallest absolute Gasteiger partial charge is 0.217 e. The van der Waals surface area contributed by atoms with Crippen LogP contribution < -0.4 is 10.1 Å². The monoisotopic (exact) mass is 212 g/mol. The van der Waals surface area contributed by atoms with Crippen LogP contribution in [-0.2, 0) is 6.54 Å². The number of nitrogens with zero attached hydrogens (tertiary/aromatic N) is 1. The van der Waals surface area contributed by atoms with Gasteiger partial charge in [0.25, 0.3) is 0 Å². The molecule has 15 heavy (non-hydrogen) atoms. The Hall–Kier alpha value is -1.17. The molecule has 0 radical (unpaired) electrons. The van der Waals surface area contributed by atoms with Crippen molar-refractivity contribution in [3.63, 3.8) is 0 Å². The summed E-state index contributed by atoms with van der Waals surface area (Å²) in [6.07, 6.45) is 1.65. The molecular formula is C10H16N2O3. The molecule has 1 aromatic heterocycles. The highest BCUT2D eigenvalue weighted by Crippen LogP contribution is 2.12. The van der Waals surface area contributed by atoms with Gasteiger partial charge in [-0.1, -0.05) is 6.07 Å². The fourth-order valence-corrected chi connectivity index (χ4v) is 1.18. The van der Waals surface area contributed by atoms with Crippen molar-refractivity contribution in [3.05, 3.63) is 23.9 Å². The fourth-order valence-electron chi connectivity index (χ4n) is 1.18. The Labute approximate surface area is 88.7 Å². The second-order valence-electron chi connectivity index (χ2n) is 3.11. The Kier molecular flexibility index (Phi) is 5.03. The average Bonchev–Trinajstić information content (AvgIpc) is 2.31. The number of ether oxygens (including phenoxy) is 1. The Morgan fingerprint density at radius 2 is 2.20 bits per heavy atom. The first-order valence-electron chi connectivity index (χ1n) is 4.74. The van der Waals surface area contributed by atoms with Crippen LogP contribution in [0.15, 0.2) is 18.3 Å². The average molecular weight is 212 g/mol. The molecule has 0 unspecified atom stereocenters. The first-order valence-corrected chi connectivity index (χ1v) is 4.74. The molecule has 5 nitrogen and oxygen atoms in total. The number of methoxy groups -OCH3 is 1. The van der Waals surface area contributed by atoms with Crippen molar-refractivity contribution >= 4 is 0 Å². The van der Waals surface area contributed by atoms with Crippen LogP contribution in [-0.4, -0.2) is 41.6 Å². The Morgan fingerprint density at radius 1 is 1.47 bits per heavy atom. The van der Waals surface area contributed by atoms with Gasteiger partial charge in [-0.3, -0.25) is 0 Å². The minimum absolute atomic E-state index is 0.0981. The normalized spacial score (nSPS) is 10.7. The summed E-state index contributed by atoms with van der Waals surface area (Å²) >= 11 is 0. The molecule has 0 amide bonds. The van der Waals surface area contributed by atoms with E-state index in [1.807, 2.05) is 12.1 Å². The van der Waals surface area contributed by atoms with Crippen molar-refractivity contribution in [3.8, 4) is 5.88 Å². The summed E-state index contributed by atoms with van der Waals surface area (Å²) in [5.41, 5.74) is 0.895. The number of aliphatic hydroxyl groups excluding tert-OH is 2. The Balaban J connectivity index is 2.56. The number of aromatic nitrogens is 1. The second-order valence-corrected chi connectivity index (χ2v) is 3.11. The molecule has 0 saturated carbocycles. The van der Waals surface area contributed by atoms with Gasteiger partial charge in [-0.2, -0.15) is 0 Å². The molecule has 5 heteroatoms. The van der Waals surface area contributed by atoms with E-state index >= 15 is 0 Å². The van der Waals surface area contributed by atoms with Gasteiger partial charge < -0.3 is 20.3 Å². The summed E-state index contributed by atoms with van der Waals surface area (Å²) in [7, 11) is 1.56. The maximum atomic E-state index is 8.86. The minimum Gasteiger partial charge on any atom is -0.481 e. The van der Waals surface area contributed by atoms with Crippen LogP contribution in [0.25, 0.3) is 0 Å². The standard InChI is InChI=1S/C10H16N2O3/c1-15-10-8(3-2-4-11-10)5-12-9(6-13)7-14/h2-4,9,12-14H,5-7H2,1H3. The van der Waals surface area contributed by atoms with Crippen LogP contribution in [0.1, 0.15) is 5.56 Å². The quantitative estimate of drug-likeness (QED) is 0.594. The van der Waals surface area contributed by atoms with Gasteiger partial charge in [0.1, 0.15) is 0 Å². The number of aliphatic hydroxyl groups is 2. The highest BCUT2D eigenvalue weighted by Gasteiger charge is 2.07. The van der Waals surface area contributed by atoms with Crippen LogP contribution in [0.3, 0.4) is 0 Å². The van der Waals surface area contributed by atoms with Crippen LogP contribution in [0.2, 0.25) is 0 Å². The van der Waals surface area contributed by atoms with Crippen molar-refractivity contribution in [2.24, 2.45) is 0 Å². The van der Waals surface area contributed by atoms with Crippen LogP contribution in [0, 0.1) is 0 Å². The van der Waals surface area contributed by atoms with Crippen molar-refractivity contribution in [1.82, 2.24) is 10.3 Å². The molecule has 0 saturated heterocycles. The molecule has 0 fully saturated rings. The summed E-state index contributed by atoms with van der Waals surface area (Å²) in [4.78, 5) is 4.04. The molecule has 0 aliphatic rings. The molecule has 1 aromatic rings. The Morgan fingerprint density at radius 3 is 2.80 bits per heavy atom. The number of rotatable bonds is 6. The third kappa shape index (κ3) is 3.47. The van der Waals surface area contributed by atoms with Crippen molar-refractivity contribution in [2.75, 3.05) is 20.3 Å². The summed E-state index contributed by atoms with van der Waals surface area (Å²) < 4.78 is 5.07. The maximum absolute atomic E-state index is 8.86. The molecule has 0 bridgehead atoms. The molecular weight excluding hydrogens is 196 g/mol. The molecule has 84 valence electrons. The van der Waals surface area contributed by atoms with Gasteiger partial charge in [0.15, 0.2) is 0 Å². The number of hydrogen-bond donors (Lipinski definition) is 3. The molecule has 0 aromatic carbocycles. The van der Waals surface area contributed by atoms with E-state index in [0.717, 1.165) is 5.56 Å². The maximum Gasteiger partial charge on any atom is 0.217 e. The van der Waals surface area contributed by atoms with Crippen molar-refractivity contribution in [1.29, 1.82) is 0 Å². The van der Waals surface area contributed by atoms with E-state index in [-0.39, 0.29) is 19.3 Å². The fraction of sp³-hybridized carbons (Fsp3) is 0.500. The van der Waals surface area contributed by atoms with Gasteiger partial charge in [0.2, 0.25) is 5.88 Å². The summed E-state index contributed by atoms with van der Waals surface area (Å²) in [6.45, 7) is 0.307. The topological polar surface area (TPSA) is 74.6 Å². The van der Waals surface area contributed by atoms with E-state index in [1.165, 1.54) is 0 Å². The molecule has 1 rings (SSSR count). The lowest BCUT2D eigenvalue weighted by molar-refractivity contribution is 0.170. The van der Waals surface area contributed by atoms with E-state index < -0.39 is 0 Å². The van der Waals surface area contributed by atoms with E-state index in [0.29, 0.717) is 12.4 Å². The highest BCUT2D eigenvalue weighted by molar-refractivity contribution is 5.25. The molecule has 0 aliphatic heterocycles. The van der Waals surface area contributed by atoms with Crippen molar-refractivity contribution in [2.45, 2.75) is 12.6 Å². The lowest BCUT2D eigenvalue weighted by Crippen LogP contribution is -2.35. The summed E-state index contributed by atoms with van der Waals surface area (Å²) in [5, 5.41) is 20.7. The minimum atomic E-state index is -0.310. The van der Waals surface area contributed by atoms with Gasteiger partial charge in [-0.15, -0.1) is 0 Å². The van der Waals surface area contributed by atoms with E-state index in [1.54, 1.807) is 13.3 Å². The first kappa shape index (κ1) is 11.9. The van der Waals surface area contributed by atoms with Gasteiger partial charge in [-0.05, 0) is 6.07 Å². The van der Waals surface area contributed by atoms with Gasteiger partial charge in [0.05, 0.1) is 26.4 Å². The largest absolute Gasteiger partial charge is 0.481 e. The third-order valence-corrected chi connectivity index (χ3v) is 2.07. The number of hydrogen-bond acceptors (Lipinski definition) is 5. The molecule has 0 atom stereocenters. The highest BCUT2D eigenvalue weighted by atomic mass is 16.5. The lowest BCUT2D eigenvalue weighted by Gasteiger charge is -2.14. The van der Waals surface area contributed by atoms with E-state index in [2.05, 4.69) is 10.3 Å². The number of nitrogens with one attached hydrogen (secondary N) is 1. The zero-order chi connectivity index (χ0) is 11.1. The summed E-state index contributed by atoms with van der Waals surface area (Å²) in [5.74, 6) is 0.555. The zero-order valence-electron chi connectivity index (χ0n) is 8.68. The molecule has 0 aliphatic carbocycles. The predicted molar refractivity (Wildman–Crippen MR) is 55.6 cm³/mol. The molecule has 3 N–H and O–H groups in total. The lowest BCUT2D eigenvalue weighted by atomic mass is 10.2. The SMILES string of the molecule is COc1ncccc1CNC(CO)CO. The Bertz CT molecular complexity index is 290. The van der Waals surface area contributed by atoms with Crippen LogP contribution in [0.5, 0.6) is 5.88 Å². The van der Waals surface area contributed by atoms with Gasteiger partial charge in [0, 0.05) is 18.3 Å². The molecule has 1 heterocycles.